The second-order valence-corrected chi connectivity index (χ2v) is 12.4. The number of rotatable bonds is 8. The number of amides is 1. The molecule has 6 nitrogen and oxygen atoms in total. The molecule has 4 aromatic rings. The zero-order valence-electron chi connectivity index (χ0n) is 25.1. The van der Waals surface area contributed by atoms with Crippen LogP contribution in [0.5, 0.6) is 0 Å². The van der Waals surface area contributed by atoms with E-state index >= 15 is 0 Å². The number of hydrogen-bond acceptors (Lipinski definition) is 4. The van der Waals surface area contributed by atoms with Crippen LogP contribution in [0.15, 0.2) is 103 Å². The van der Waals surface area contributed by atoms with Gasteiger partial charge in [-0.1, -0.05) is 72.8 Å². The van der Waals surface area contributed by atoms with E-state index in [0.29, 0.717) is 13.0 Å². The molecule has 0 radical (unpaired) electrons. The van der Waals surface area contributed by atoms with E-state index in [-0.39, 0.29) is 18.4 Å². The molecule has 2 atom stereocenters. The van der Waals surface area contributed by atoms with E-state index in [1.165, 1.54) is 0 Å². The van der Waals surface area contributed by atoms with Gasteiger partial charge in [0.1, 0.15) is 11.3 Å². The molecule has 0 spiro atoms. The predicted octanol–water partition coefficient (Wildman–Crippen LogP) is 7.17. The van der Waals surface area contributed by atoms with Crippen molar-refractivity contribution in [2.45, 2.75) is 70.7 Å². The molecule has 1 saturated heterocycles. The van der Waals surface area contributed by atoms with Crippen LogP contribution >= 0.6 is 0 Å². The minimum absolute atomic E-state index is 0.0578. The molecule has 1 fully saturated rings. The number of hydrogen-bond donors (Lipinski definition) is 0. The third-order valence-electron chi connectivity index (χ3n) is 7.61. The quantitative estimate of drug-likeness (QED) is 0.213. The van der Waals surface area contributed by atoms with E-state index < -0.39 is 23.2 Å². The SMILES string of the molecule is CC(C)(C)OC(=O)C[C@H](C(=O)N1[C@@H](Cc2ccccc2)COC1(C)C)c1ccn(-c2ccc(-c3ccccc3)cc2)c1. The van der Waals surface area contributed by atoms with Crippen LogP contribution in [0.3, 0.4) is 0 Å². The monoisotopic (exact) mass is 564 g/mol. The van der Waals surface area contributed by atoms with Gasteiger partial charge in [0.25, 0.3) is 0 Å². The van der Waals surface area contributed by atoms with Gasteiger partial charge < -0.3 is 18.9 Å². The Bertz CT molecular complexity index is 1500. The normalized spacial score (nSPS) is 17.2. The lowest BCUT2D eigenvalue weighted by Crippen LogP contribution is -2.50. The van der Waals surface area contributed by atoms with Crippen molar-refractivity contribution < 1.29 is 19.1 Å². The molecule has 1 aromatic heterocycles. The van der Waals surface area contributed by atoms with Gasteiger partial charge in [-0.15, -0.1) is 0 Å². The molecule has 0 unspecified atom stereocenters. The average Bonchev–Trinajstić information content (AvgIpc) is 3.56. The average molecular weight is 565 g/mol. The van der Waals surface area contributed by atoms with Crippen molar-refractivity contribution in [3.63, 3.8) is 0 Å². The molecular formula is C36H40N2O4. The molecule has 1 aliphatic rings. The Balaban J connectivity index is 1.44. The smallest absolute Gasteiger partial charge is 0.307 e. The highest BCUT2D eigenvalue weighted by Crippen LogP contribution is 2.35. The van der Waals surface area contributed by atoms with Gasteiger partial charge in [0.2, 0.25) is 5.91 Å². The summed E-state index contributed by atoms with van der Waals surface area (Å²) in [6, 6.07) is 30.4. The summed E-state index contributed by atoms with van der Waals surface area (Å²) in [5.74, 6) is -1.26. The molecule has 1 aliphatic heterocycles. The summed E-state index contributed by atoms with van der Waals surface area (Å²) >= 11 is 0. The van der Waals surface area contributed by atoms with Gasteiger partial charge in [-0.25, -0.2) is 0 Å². The summed E-state index contributed by atoms with van der Waals surface area (Å²) in [5.41, 5.74) is 3.69. The third kappa shape index (κ3) is 6.82. The first-order valence-electron chi connectivity index (χ1n) is 14.6. The molecule has 6 heteroatoms. The minimum atomic E-state index is -0.807. The Kier molecular flexibility index (Phi) is 8.37. The zero-order chi connectivity index (χ0) is 29.9. The maximum Gasteiger partial charge on any atom is 0.307 e. The van der Waals surface area contributed by atoms with Crippen LogP contribution in [0, 0.1) is 0 Å². The van der Waals surface area contributed by atoms with Crippen LogP contribution in [0.2, 0.25) is 0 Å². The molecule has 0 N–H and O–H groups in total. The first-order valence-corrected chi connectivity index (χ1v) is 14.6. The second kappa shape index (κ2) is 12.0. The van der Waals surface area contributed by atoms with Gasteiger partial charge in [-0.3, -0.25) is 9.59 Å². The van der Waals surface area contributed by atoms with E-state index in [0.717, 1.165) is 27.9 Å². The van der Waals surface area contributed by atoms with Gasteiger partial charge in [-0.05, 0) is 81.5 Å². The summed E-state index contributed by atoms with van der Waals surface area (Å²) in [4.78, 5) is 29.4. The lowest BCUT2D eigenvalue weighted by Gasteiger charge is -2.36. The van der Waals surface area contributed by atoms with E-state index in [1.807, 2.05) is 98.9 Å². The van der Waals surface area contributed by atoms with Crippen LogP contribution in [-0.2, 0) is 25.5 Å². The summed E-state index contributed by atoms with van der Waals surface area (Å²) in [6.07, 6.45) is 4.50. The highest BCUT2D eigenvalue weighted by Gasteiger charge is 2.46. The number of carbonyl (C=O) groups is 2. The van der Waals surface area contributed by atoms with E-state index in [1.54, 1.807) is 0 Å². The van der Waals surface area contributed by atoms with Crippen LogP contribution in [0.1, 0.15) is 58.1 Å². The van der Waals surface area contributed by atoms with Crippen molar-refractivity contribution in [2.24, 2.45) is 0 Å². The number of nitrogens with zero attached hydrogens (tertiary/aromatic N) is 2. The topological polar surface area (TPSA) is 60.8 Å². The summed E-state index contributed by atoms with van der Waals surface area (Å²) in [7, 11) is 0. The fourth-order valence-electron chi connectivity index (χ4n) is 5.67. The van der Waals surface area contributed by atoms with E-state index in [4.69, 9.17) is 9.47 Å². The van der Waals surface area contributed by atoms with Crippen molar-refractivity contribution in [3.8, 4) is 16.8 Å². The van der Waals surface area contributed by atoms with Crippen LogP contribution in [-0.4, -0.2) is 45.3 Å². The van der Waals surface area contributed by atoms with Gasteiger partial charge >= 0.3 is 5.97 Å². The first-order chi connectivity index (χ1) is 20.0. The van der Waals surface area contributed by atoms with Crippen molar-refractivity contribution in [3.05, 3.63) is 115 Å². The van der Waals surface area contributed by atoms with E-state index in [2.05, 4.69) is 48.5 Å². The Morgan fingerprint density at radius 1 is 0.905 bits per heavy atom. The van der Waals surface area contributed by atoms with Crippen molar-refractivity contribution >= 4 is 11.9 Å². The second-order valence-electron chi connectivity index (χ2n) is 12.4. The fourth-order valence-corrected chi connectivity index (χ4v) is 5.67. The van der Waals surface area contributed by atoms with Crippen molar-refractivity contribution in [1.82, 2.24) is 9.47 Å². The van der Waals surface area contributed by atoms with Gasteiger partial charge in [0.15, 0.2) is 0 Å². The number of ether oxygens (including phenoxy) is 2. The lowest BCUT2D eigenvalue weighted by atomic mass is 9.94. The highest BCUT2D eigenvalue weighted by atomic mass is 16.6. The molecule has 3 aromatic carbocycles. The van der Waals surface area contributed by atoms with Crippen LogP contribution in [0.4, 0.5) is 0 Å². The highest BCUT2D eigenvalue weighted by molar-refractivity contribution is 5.89. The summed E-state index contributed by atoms with van der Waals surface area (Å²) in [6.45, 7) is 9.78. The minimum Gasteiger partial charge on any atom is -0.460 e. The fraction of sp³-hybridized carbons (Fsp3) is 0.333. The predicted molar refractivity (Wildman–Crippen MR) is 165 cm³/mol. The Labute approximate surface area is 248 Å². The Morgan fingerprint density at radius 3 is 2.17 bits per heavy atom. The van der Waals surface area contributed by atoms with Gasteiger partial charge in [0.05, 0.1) is 25.0 Å². The summed E-state index contributed by atoms with van der Waals surface area (Å²) in [5, 5.41) is 0. The van der Waals surface area contributed by atoms with Crippen LogP contribution in [0.25, 0.3) is 16.8 Å². The maximum atomic E-state index is 14.4. The van der Waals surface area contributed by atoms with Crippen molar-refractivity contribution in [1.29, 1.82) is 0 Å². The van der Waals surface area contributed by atoms with Crippen LogP contribution < -0.4 is 0 Å². The van der Waals surface area contributed by atoms with E-state index in [9.17, 15) is 9.59 Å². The molecule has 42 heavy (non-hydrogen) atoms. The maximum absolute atomic E-state index is 14.4. The zero-order valence-corrected chi connectivity index (χ0v) is 25.1. The number of esters is 1. The van der Waals surface area contributed by atoms with Gasteiger partial charge in [-0.2, -0.15) is 0 Å². The molecule has 5 rings (SSSR count). The standard InChI is InChI=1S/C36H40N2O4/c1-35(2,3)42-33(39)23-32(34(40)38-31(25-41-36(38,4)5)22-26-12-8-6-9-13-26)29-20-21-37(24-29)30-18-16-28(17-19-30)27-14-10-7-11-15-27/h6-21,24,31-32H,22-23,25H2,1-5H3/t31-,32-/m0/s1. The molecule has 1 amide bonds. The summed E-state index contributed by atoms with van der Waals surface area (Å²) < 4.78 is 13.8. The number of carbonyl (C=O) groups excluding carboxylic acids is 2. The largest absolute Gasteiger partial charge is 0.460 e. The molecule has 0 saturated carbocycles. The van der Waals surface area contributed by atoms with Crippen molar-refractivity contribution in [2.75, 3.05) is 6.61 Å². The first kappa shape index (κ1) is 29.3. The molecule has 2 heterocycles. The third-order valence-corrected chi connectivity index (χ3v) is 7.61. The Hall–Kier alpha value is -4.16. The molecular weight excluding hydrogens is 524 g/mol. The molecule has 0 bridgehead atoms. The molecule has 218 valence electrons. The number of benzene rings is 3. The molecule has 0 aliphatic carbocycles. The number of aromatic nitrogens is 1. The Morgan fingerprint density at radius 2 is 1.52 bits per heavy atom. The lowest BCUT2D eigenvalue weighted by molar-refractivity contribution is -0.159. The van der Waals surface area contributed by atoms with Gasteiger partial charge in [0, 0.05) is 18.1 Å².